The molecule has 2 atom stereocenters. The summed E-state index contributed by atoms with van der Waals surface area (Å²) in [7, 11) is 1.46. The fourth-order valence-corrected chi connectivity index (χ4v) is 3.34. The summed E-state index contributed by atoms with van der Waals surface area (Å²) in [6.07, 6.45) is -4.63. The van der Waals surface area contributed by atoms with Crippen molar-refractivity contribution in [2.45, 2.75) is 24.6 Å². The van der Waals surface area contributed by atoms with Crippen molar-refractivity contribution in [2.75, 3.05) is 12.4 Å². The first-order valence-electron chi connectivity index (χ1n) is 5.86. The van der Waals surface area contributed by atoms with Gasteiger partial charge in [0.1, 0.15) is 0 Å². The van der Waals surface area contributed by atoms with Gasteiger partial charge in [0, 0.05) is 16.6 Å². The van der Waals surface area contributed by atoms with Gasteiger partial charge in [0.25, 0.3) is 0 Å². The fourth-order valence-electron chi connectivity index (χ4n) is 2.25. The molecular weight excluding hydrogens is 317 g/mol. The molecule has 2 rings (SSSR count). The fraction of sp³-hybridized carbons (Fsp3) is 0.500. The molecule has 0 radical (unpaired) electrons. The summed E-state index contributed by atoms with van der Waals surface area (Å²) in [5.41, 5.74) is -0.224. The van der Waals surface area contributed by atoms with E-state index >= 15 is 0 Å². The minimum atomic E-state index is -4.39. The molecule has 1 aromatic carbocycles. The molecular formula is C12H12ClF3O3S. The molecule has 0 amide bonds. The van der Waals surface area contributed by atoms with Crippen LogP contribution in [0.4, 0.5) is 13.2 Å². The van der Waals surface area contributed by atoms with E-state index in [2.05, 4.69) is 0 Å². The van der Waals surface area contributed by atoms with E-state index in [9.17, 15) is 21.6 Å². The lowest BCUT2D eigenvalue weighted by molar-refractivity contribution is -0.137. The molecule has 1 fully saturated rings. The van der Waals surface area contributed by atoms with Crippen LogP contribution in [0.2, 0.25) is 0 Å². The SMILES string of the molecule is O=S(=O)(Cl)CC1CC(c2cccc(C(F)(F)F)c2)CO1. The lowest BCUT2D eigenvalue weighted by Crippen LogP contribution is -2.16. The third-order valence-corrected chi connectivity index (χ3v) is 4.30. The van der Waals surface area contributed by atoms with Gasteiger partial charge in [-0.15, -0.1) is 0 Å². The summed E-state index contributed by atoms with van der Waals surface area (Å²) in [5, 5.41) is 0. The van der Waals surface area contributed by atoms with E-state index in [4.69, 9.17) is 15.4 Å². The maximum atomic E-state index is 12.6. The Morgan fingerprint density at radius 2 is 2.05 bits per heavy atom. The molecule has 8 heteroatoms. The van der Waals surface area contributed by atoms with Crippen molar-refractivity contribution >= 4 is 19.7 Å². The molecule has 2 unspecified atom stereocenters. The highest BCUT2D eigenvalue weighted by atomic mass is 35.7. The number of hydrogen-bond donors (Lipinski definition) is 0. The predicted octanol–water partition coefficient (Wildman–Crippen LogP) is 3.15. The Labute approximate surface area is 119 Å². The summed E-state index contributed by atoms with van der Waals surface area (Å²) in [5.74, 6) is -0.579. The Hall–Kier alpha value is -0.790. The monoisotopic (exact) mass is 328 g/mol. The number of ether oxygens (including phenoxy) is 1. The number of rotatable bonds is 3. The minimum Gasteiger partial charge on any atom is -0.376 e. The zero-order chi connectivity index (χ0) is 15.0. The van der Waals surface area contributed by atoms with Crippen molar-refractivity contribution in [1.82, 2.24) is 0 Å². The van der Waals surface area contributed by atoms with Gasteiger partial charge in [-0.2, -0.15) is 13.2 Å². The summed E-state index contributed by atoms with van der Waals surface area (Å²) in [4.78, 5) is 0. The molecule has 0 aliphatic carbocycles. The van der Waals surface area contributed by atoms with Crippen LogP contribution in [-0.4, -0.2) is 26.9 Å². The van der Waals surface area contributed by atoms with Crippen LogP contribution in [0.5, 0.6) is 0 Å². The average molecular weight is 329 g/mol. The molecule has 0 saturated carbocycles. The zero-order valence-electron chi connectivity index (χ0n) is 10.2. The highest BCUT2D eigenvalue weighted by Gasteiger charge is 2.33. The first-order valence-corrected chi connectivity index (χ1v) is 8.34. The highest BCUT2D eigenvalue weighted by molar-refractivity contribution is 8.13. The van der Waals surface area contributed by atoms with Gasteiger partial charge in [-0.05, 0) is 18.1 Å². The van der Waals surface area contributed by atoms with E-state index in [1.54, 1.807) is 6.07 Å². The van der Waals surface area contributed by atoms with E-state index in [1.165, 1.54) is 6.07 Å². The normalized spacial score (nSPS) is 24.0. The van der Waals surface area contributed by atoms with Gasteiger partial charge in [-0.25, -0.2) is 8.42 Å². The Kier molecular flexibility index (Phi) is 4.32. The second kappa shape index (κ2) is 5.54. The molecule has 0 N–H and O–H groups in total. The molecule has 0 aromatic heterocycles. The summed E-state index contributed by atoms with van der Waals surface area (Å²) in [6.45, 7) is 0.193. The van der Waals surface area contributed by atoms with Gasteiger partial charge < -0.3 is 4.74 Å². The number of alkyl halides is 3. The molecule has 3 nitrogen and oxygen atoms in total. The third-order valence-electron chi connectivity index (χ3n) is 3.15. The first kappa shape index (κ1) is 15.6. The molecule has 0 spiro atoms. The van der Waals surface area contributed by atoms with E-state index in [0.717, 1.165) is 12.1 Å². The number of benzene rings is 1. The largest absolute Gasteiger partial charge is 0.416 e. The zero-order valence-corrected chi connectivity index (χ0v) is 11.8. The molecule has 112 valence electrons. The molecule has 1 aliphatic rings. The van der Waals surface area contributed by atoms with Crippen molar-refractivity contribution < 1.29 is 26.3 Å². The van der Waals surface area contributed by atoms with Crippen molar-refractivity contribution in [3.05, 3.63) is 35.4 Å². The maximum absolute atomic E-state index is 12.6. The van der Waals surface area contributed by atoms with Crippen LogP contribution in [0, 0.1) is 0 Å². The Bertz CT molecular complexity index is 586. The van der Waals surface area contributed by atoms with E-state index in [1.807, 2.05) is 0 Å². The van der Waals surface area contributed by atoms with Gasteiger partial charge in [0.2, 0.25) is 9.05 Å². The maximum Gasteiger partial charge on any atom is 0.416 e. The average Bonchev–Trinajstić information content (AvgIpc) is 2.74. The van der Waals surface area contributed by atoms with E-state index in [-0.39, 0.29) is 18.3 Å². The summed E-state index contributed by atoms with van der Waals surface area (Å²) < 4.78 is 65.1. The van der Waals surface area contributed by atoms with Crippen LogP contribution in [0.15, 0.2) is 24.3 Å². The van der Waals surface area contributed by atoms with Gasteiger partial charge in [0.15, 0.2) is 0 Å². The second-order valence-electron chi connectivity index (χ2n) is 4.72. The molecule has 1 saturated heterocycles. The number of hydrogen-bond acceptors (Lipinski definition) is 3. The lowest BCUT2D eigenvalue weighted by Gasteiger charge is -2.12. The van der Waals surface area contributed by atoms with Crippen LogP contribution in [-0.2, 0) is 20.0 Å². The van der Waals surface area contributed by atoms with Crippen molar-refractivity contribution in [3.8, 4) is 0 Å². The molecule has 1 aromatic rings. The molecule has 20 heavy (non-hydrogen) atoms. The third kappa shape index (κ3) is 4.10. The summed E-state index contributed by atoms with van der Waals surface area (Å²) >= 11 is 0. The van der Waals surface area contributed by atoms with Gasteiger partial charge >= 0.3 is 6.18 Å². The first-order chi connectivity index (χ1) is 9.15. The van der Waals surface area contributed by atoms with Gasteiger partial charge in [0.05, 0.1) is 24.0 Å². The highest BCUT2D eigenvalue weighted by Crippen LogP contribution is 2.35. The topological polar surface area (TPSA) is 43.4 Å². The Balaban J connectivity index is 2.11. The smallest absolute Gasteiger partial charge is 0.376 e. The standard InChI is InChI=1S/C12H12ClF3O3S/c13-20(17,18)7-11-5-9(6-19-11)8-2-1-3-10(4-8)12(14,15)16/h1-4,9,11H,5-7H2. The molecule has 1 heterocycles. The van der Waals surface area contributed by atoms with Crippen LogP contribution in [0.3, 0.4) is 0 Å². The van der Waals surface area contributed by atoms with Crippen LogP contribution in [0.1, 0.15) is 23.5 Å². The molecule has 1 aliphatic heterocycles. The lowest BCUT2D eigenvalue weighted by atomic mass is 9.95. The van der Waals surface area contributed by atoms with E-state index in [0.29, 0.717) is 12.0 Å². The Morgan fingerprint density at radius 3 is 2.65 bits per heavy atom. The summed E-state index contributed by atoms with van der Waals surface area (Å²) in [6, 6.07) is 5.00. The Morgan fingerprint density at radius 1 is 1.35 bits per heavy atom. The quantitative estimate of drug-likeness (QED) is 0.801. The molecule has 0 bridgehead atoms. The predicted molar refractivity (Wildman–Crippen MR) is 68.2 cm³/mol. The van der Waals surface area contributed by atoms with Crippen molar-refractivity contribution in [2.24, 2.45) is 0 Å². The van der Waals surface area contributed by atoms with E-state index < -0.39 is 26.9 Å². The minimum absolute atomic E-state index is 0.193. The van der Waals surface area contributed by atoms with Gasteiger partial charge in [-0.3, -0.25) is 0 Å². The van der Waals surface area contributed by atoms with Crippen LogP contribution >= 0.6 is 10.7 Å². The van der Waals surface area contributed by atoms with Gasteiger partial charge in [-0.1, -0.05) is 18.2 Å². The van der Waals surface area contributed by atoms with Crippen molar-refractivity contribution in [1.29, 1.82) is 0 Å². The van der Waals surface area contributed by atoms with Crippen molar-refractivity contribution in [3.63, 3.8) is 0 Å². The van der Waals surface area contributed by atoms with Crippen LogP contribution < -0.4 is 0 Å². The second-order valence-corrected chi connectivity index (χ2v) is 7.54. The number of halogens is 4. The van der Waals surface area contributed by atoms with Crippen LogP contribution in [0.25, 0.3) is 0 Å².